The number of nitrogens with zero attached hydrogens (tertiary/aromatic N) is 2. The van der Waals surface area contributed by atoms with E-state index in [4.69, 9.17) is 5.26 Å². The number of nitriles is 1. The second-order valence-corrected chi connectivity index (χ2v) is 6.77. The van der Waals surface area contributed by atoms with Gasteiger partial charge in [0.15, 0.2) is 0 Å². The van der Waals surface area contributed by atoms with Crippen LogP contribution in [0.1, 0.15) is 17.0 Å². The maximum absolute atomic E-state index is 12.1. The van der Waals surface area contributed by atoms with Gasteiger partial charge in [-0.2, -0.15) is 5.26 Å². The van der Waals surface area contributed by atoms with Crippen LogP contribution < -0.4 is 10.6 Å². The Kier molecular flexibility index (Phi) is 3.43. The van der Waals surface area contributed by atoms with Crippen LogP contribution in [0.4, 0.5) is 10.6 Å². The summed E-state index contributed by atoms with van der Waals surface area (Å²) in [5.41, 5.74) is 1.81. The highest BCUT2D eigenvalue weighted by Gasteiger charge is 2.54. The molecule has 0 bridgehead atoms. The Labute approximate surface area is 138 Å². The molecule has 2 aromatic rings. The topological polar surface area (TPSA) is 77.8 Å². The summed E-state index contributed by atoms with van der Waals surface area (Å²) in [4.78, 5) is 17.5. The quantitative estimate of drug-likeness (QED) is 0.891. The second kappa shape index (κ2) is 5.60. The third-order valence-corrected chi connectivity index (χ3v) is 5.54. The van der Waals surface area contributed by atoms with Gasteiger partial charge in [0.25, 0.3) is 0 Å². The van der Waals surface area contributed by atoms with Crippen LogP contribution in [-0.2, 0) is 0 Å². The number of nitrogens with one attached hydrogen (secondary N) is 2. The Balaban J connectivity index is 1.40. The fourth-order valence-corrected chi connectivity index (χ4v) is 4.45. The van der Waals surface area contributed by atoms with E-state index in [1.807, 2.05) is 17.8 Å². The van der Waals surface area contributed by atoms with Gasteiger partial charge in [0.2, 0.25) is 0 Å². The van der Waals surface area contributed by atoms with Crippen LogP contribution in [0.3, 0.4) is 0 Å². The number of rotatable bonds is 2. The number of pyridine rings is 1. The predicted octanol–water partition coefficient (Wildman–Crippen LogP) is 2.96. The third kappa shape index (κ3) is 2.64. The summed E-state index contributed by atoms with van der Waals surface area (Å²) in [6, 6.07) is 13.6. The Morgan fingerprint density at radius 2 is 2.17 bits per heavy atom. The molecule has 2 unspecified atom stereocenters. The smallest absolute Gasteiger partial charge is 0.320 e. The normalized spacial score (nSPS) is 23.9. The first-order valence-corrected chi connectivity index (χ1v) is 8.40. The zero-order valence-electron chi connectivity index (χ0n) is 12.2. The van der Waals surface area contributed by atoms with Crippen LogP contribution >= 0.6 is 11.8 Å². The number of urea groups is 1. The molecule has 1 aromatic carbocycles. The molecule has 3 atom stereocenters. The van der Waals surface area contributed by atoms with E-state index in [1.54, 1.807) is 12.1 Å². The van der Waals surface area contributed by atoms with Crippen molar-refractivity contribution in [2.75, 3.05) is 11.1 Å². The molecule has 1 aliphatic carbocycles. The van der Waals surface area contributed by atoms with E-state index >= 15 is 0 Å². The minimum Gasteiger partial charge on any atom is -0.334 e. The highest BCUT2D eigenvalue weighted by molar-refractivity contribution is 7.99. The van der Waals surface area contributed by atoms with Gasteiger partial charge in [-0.3, -0.25) is 5.32 Å². The summed E-state index contributed by atoms with van der Waals surface area (Å²) in [6.07, 6.45) is 1.44. The van der Waals surface area contributed by atoms with Gasteiger partial charge in [-0.25, -0.2) is 9.78 Å². The lowest BCUT2D eigenvalue weighted by Gasteiger charge is -2.12. The Hall–Kier alpha value is -2.52. The number of hydrogen-bond donors (Lipinski definition) is 2. The van der Waals surface area contributed by atoms with Gasteiger partial charge in [0.1, 0.15) is 11.9 Å². The zero-order chi connectivity index (χ0) is 15.8. The first-order valence-electron chi connectivity index (χ1n) is 7.41. The highest BCUT2D eigenvalue weighted by atomic mass is 32.2. The molecule has 23 heavy (non-hydrogen) atoms. The fraction of sp³-hybridized carbons (Fsp3) is 0.235. The van der Waals surface area contributed by atoms with Gasteiger partial charge < -0.3 is 5.32 Å². The molecule has 1 aliphatic heterocycles. The standard InChI is InChI=1S/C17H14N4OS/c18-7-10-5-6-14(19-8-10)20-17(22)21-16-12-9-23-13-4-2-1-3-11(13)15(12)16/h1-6,8,12,15-16H,9H2,(H2,19,20,21,22)/t12?,15?,16-/m1/s1. The summed E-state index contributed by atoms with van der Waals surface area (Å²) in [5, 5.41) is 14.5. The third-order valence-electron chi connectivity index (χ3n) is 4.31. The number of fused-ring (bicyclic) bond motifs is 3. The van der Waals surface area contributed by atoms with E-state index < -0.39 is 0 Å². The highest BCUT2D eigenvalue weighted by Crippen LogP contribution is 2.56. The summed E-state index contributed by atoms with van der Waals surface area (Å²) in [7, 11) is 0. The average Bonchev–Trinajstić information content (AvgIpc) is 3.29. The van der Waals surface area contributed by atoms with Crippen molar-refractivity contribution in [3.63, 3.8) is 0 Å². The van der Waals surface area contributed by atoms with Crippen molar-refractivity contribution >= 4 is 23.6 Å². The second-order valence-electron chi connectivity index (χ2n) is 5.71. The molecular formula is C17H14N4OS. The lowest BCUT2D eigenvalue weighted by atomic mass is 10.1. The number of thioether (sulfide) groups is 1. The van der Waals surface area contributed by atoms with Crippen LogP contribution in [0, 0.1) is 17.2 Å². The van der Waals surface area contributed by atoms with Gasteiger partial charge in [0.05, 0.1) is 5.56 Å². The fourth-order valence-electron chi connectivity index (χ4n) is 3.11. The molecule has 1 fully saturated rings. The SMILES string of the molecule is N#Cc1ccc(NC(=O)N[C@@H]2C3CSc4ccccc4C32)nc1. The van der Waals surface area contributed by atoms with E-state index in [0.29, 0.717) is 23.2 Å². The van der Waals surface area contributed by atoms with Crippen molar-refractivity contribution in [1.82, 2.24) is 10.3 Å². The average molecular weight is 322 g/mol. The van der Waals surface area contributed by atoms with Crippen molar-refractivity contribution in [2.24, 2.45) is 5.92 Å². The first-order chi connectivity index (χ1) is 11.3. The molecule has 2 aliphatic rings. The van der Waals surface area contributed by atoms with Crippen LogP contribution in [-0.4, -0.2) is 22.8 Å². The zero-order valence-corrected chi connectivity index (χ0v) is 13.0. The molecule has 2 heterocycles. The summed E-state index contributed by atoms with van der Waals surface area (Å²) < 4.78 is 0. The molecule has 0 spiro atoms. The minimum atomic E-state index is -0.246. The van der Waals surface area contributed by atoms with Gasteiger partial charge >= 0.3 is 6.03 Å². The van der Waals surface area contributed by atoms with E-state index in [-0.39, 0.29) is 12.1 Å². The lowest BCUT2D eigenvalue weighted by molar-refractivity contribution is 0.251. The minimum absolute atomic E-state index is 0.185. The molecule has 2 amide bonds. The number of carbonyl (C=O) groups is 1. The summed E-state index contributed by atoms with van der Waals surface area (Å²) in [5.74, 6) is 2.42. The molecule has 0 radical (unpaired) electrons. The van der Waals surface area contributed by atoms with Crippen molar-refractivity contribution in [3.05, 3.63) is 53.7 Å². The number of carbonyl (C=O) groups excluding carboxylic acids is 1. The summed E-state index contributed by atoms with van der Waals surface area (Å²) >= 11 is 1.86. The number of aromatic nitrogens is 1. The maximum Gasteiger partial charge on any atom is 0.320 e. The Morgan fingerprint density at radius 3 is 2.96 bits per heavy atom. The predicted molar refractivity (Wildman–Crippen MR) is 88.3 cm³/mol. The number of benzene rings is 1. The Bertz CT molecular complexity index is 799. The molecule has 6 heteroatoms. The number of amides is 2. The molecule has 1 aromatic heterocycles. The summed E-state index contributed by atoms with van der Waals surface area (Å²) in [6.45, 7) is 0. The molecule has 1 saturated carbocycles. The maximum atomic E-state index is 12.1. The van der Waals surface area contributed by atoms with Crippen molar-refractivity contribution < 1.29 is 4.79 Å². The molecular weight excluding hydrogens is 308 g/mol. The first kappa shape index (κ1) is 14.1. The molecule has 114 valence electrons. The largest absolute Gasteiger partial charge is 0.334 e. The number of hydrogen-bond acceptors (Lipinski definition) is 4. The van der Waals surface area contributed by atoms with Gasteiger partial charge in [-0.15, -0.1) is 11.8 Å². The van der Waals surface area contributed by atoms with Crippen molar-refractivity contribution in [2.45, 2.75) is 16.9 Å². The Morgan fingerprint density at radius 1 is 1.30 bits per heavy atom. The van der Waals surface area contributed by atoms with Crippen molar-refractivity contribution in [3.8, 4) is 6.07 Å². The van der Waals surface area contributed by atoms with Gasteiger partial charge in [-0.05, 0) is 29.7 Å². The molecule has 2 N–H and O–H groups in total. The van der Waals surface area contributed by atoms with Crippen LogP contribution in [0.5, 0.6) is 0 Å². The van der Waals surface area contributed by atoms with E-state index in [9.17, 15) is 4.79 Å². The lowest BCUT2D eigenvalue weighted by Crippen LogP contribution is -2.32. The molecule has 0 saturated heterocycles. The van der Waals surface area contributed by atoms with Crippen LogP contribution in [0.15, 0.2) is 47.5 Å². The van der Waals surface area contributed by atoms with E-state index in [0.717, 1.165) is 5.75 Å². The van der Waals surface area contributed by atoms with E-state index in [1.165, 1.54) is 16.7 Å². The van der Waals surface area contributed by atoms with E-state index in [2.05, 4.69) is 39.9 Å². The monoisotopic (exact) mass is 322 g/mol. The van der Waals surface area contributed by atoms with Crippen molar-refractivity contribution in [1.29, 1.82) is 5.26 Å². The van der Waals surface area contributed by atoms with Crippen LogP contribution in [0.2, 0.25) is 0 Å². The molecule has 5 nitrogen and oxygen atoms in total. The van der Waals surface area contributed by atoms with Crippen LogP contribution in [0.25, 0.3) is 0 Å². The number of anilines is 1. The van der Waals surface area contributed by atoms with Gasteiger partial charge in [0, 0.05) is 28.8 Å². The van der Waals surface area contributed by atoms with Gasteiger partial charge in [-0.1, -0.05) is 18.2 Å². The molecule has 4 rings (SSSR count).